The summed E-state index contributed by atoms with van der Waals surface area (Å²) in [6.07, 6.45) is 0. The quantitative estimate of drug-likeness (QED) is 0.522. The third kappa shape index (κ3) is 3.92. The van der Waals surface area contributed by atoms with Gasteiger partial charge in [0.05, 0.1) is 11.0 Å². The molecule has 0 saturated heterocycles. The summed E-state index contributed by atoms with van der Waals surface area (Å²) in [6, 6.07) is 3.18. The van der Waals surface area contributed by atoms with Gasteiger partial charge in [0, 0.05) is 24.2 Å². The van der Waals surface area contributed by atoms with Crippen LogP contribution >= 0.6 is 0 Å². The minimum absolute atomic E-state index is 0.0154. The van der Waals surface area contributed by atoms with Crippen LogP contribution in [0.3, 0.4) is 0 Å². The number of non-ortho nitro benzene ring substituents is 1. The lowest BCUT2D eigenvalue weighted by molar-refractivity contribution is -0.384. The molecule has 1 amide bonds. The number of carbonyl (C=O) groups is 1. The van der Waals surface area contributed by atoms with Crippen LogP contribution in [0.5, 0.6) is 5.75 Å². The van der Waals surface area contributed by atoms with E-state index in [0.29, 0.717) is 5.56 Å². The first-order chi connectivity index (χ1) is 8.82. The summed E-state index contributed by atoms with van der Waals surface area (Å²) in [4.78, 5) is 21.3. The van der Waals surface area contributed by atoms with Crippen LogP contribution in [0.25, 0.3) is 0 Å². The Morgan fingerprint density at radius 3 is 2.63 bits per heavy atom. The molecule has 0 aromatic heterocycles. The number of carbonyl (C=O) groups excluding carboxylic acids is 1. The highest BCUT2D eigenvalue weighted by Crippen LogP contribution is 2.23. The van der Waals surface area contributed by atoms with Crippen molar-refractivity contribution in [2.24, 2.45) is 11.7 Å². The van der Waals surface area contributed by atoms with Gasteiger partial charge in [-0.05, 0) is 12.0 Å². The van der Waals surface area contributed by atoms with Crippen molar-refractivity contribution >= 4 is 11.6 Å². The van der Waals surface area contributed by atoms with Crippen molar-refractivity contribution in [2.45, 2.75) is 26.4 Å². The van der Waals surface area contributed by atoms with E-state index in [2.05, 4.69) is 5.32 Å². The van der Waals surface area contributed by atoms with E-state index in [1.807, 2.05) is 13.8 Å². The van der Waals surface area contributed by atoms with Gasteiger partial charge in [-0.1, -0.05) is 13.8 Å². The van der Waals surface area contributed by atoms with Gasteiger partial charge in [-0.15, -0.1) is 0 Å². The lowest BCUT2D eigenvalue weighted by atomic mass is 10.0. The minimum atomic E-state index is -0.557. The molecule has 7 heteroatoms. The Labute approximate surface area is 110 Å². The average molecular weight is 267 g/mol. The molecule has 0 aliphatic rings. The van der Waals surface area contributed by atoms with Gasteiger partial charge in [0.25, 0.3) is 5.69 Å². The van der Waals surface area contributed by atoms with E-state index in [1.165, 1.54) is 18.2 Å². The summed E-state index contributed by atoms with van der Waals surface area (Å²) < 4.78 is 0. The second kappa shape index (κ2) is 6.14. The maximum atomic E-state index is 11.2. The number of benzene rings is 1. The maximum Gasteiger partial charge on any atom is 0.270 e. The zero-order valence-electron chi connectivity index (χ0n) is 10.8. The normalized spacial score (nSPS) is 12.4. The summed E-state index contributed by atoms with van der Waals surface area (Å²) in [6.45, 7) is 3.78. The van der Waals surface area contributed by atoms with Crippen LogP contribution in [0, 0.1) is 16.0 Å². The number of hydrogen-bond donors (Lipinski definition) is 3. The molecule has 0 spiro atoms. The Bertz CT molecular complexity index is 488. The zero-order valence-corrected chi connectivity index (χ0v) is 10.8. The third-order valence-corrected chi connectivity index (χ3v) is 2.76. The molecule has 1 rings (SSSR count). The second-order valence-corrected chi connectivity index (χ2v) is 4.58. The van der Waals surface area contributed by atoms with Crippen LogP contribution in [0.1, 0.15) is 19.4 Å². The Kier molecular flexibility index (Phi) is 4.82. The number of aromatic hydroxyl groups is 1. The Morgan fingerprint density at radius 2 is 2.16 bits per heavy atom. The molecule has 0 fully saturated rings. The lowest BCUT2D eigenvalue weighted by Crippen LogP contribution is -2.44. The molecular weight excluding hydrogens is 250 g/mol. The molecule has 0 radical (unpaired) electrons. The number of nitrogens with one attached hydrogen (secondary N) is 1. The first-order valence-electron chi connectivity index (χ1n) is 5.82. The number of hydrogen-bond acceptors (Lipinski definition) is 5. The van der Waals surface area contributed by atoms with E-state index in [4.69, 9.17) is 5.73 Å². The SMILES string of the molecule is CC(C)C(NCc1cc([N+](=O)[O-])ccc1O)C(N)=O. The second-order valence-electron chi connectivity index (χ2n) is 4.58. The molecule has 0 bridgehead atoms. The minimum Gasteiger partial charge on any atom is -0.508 e. The predicted octanol–water partition coefficient (Wildman–Crippen LogP) is 0.900. The van der Waals surface area contributed by atoms with Crippen LogP contribution in [0.4, 0.5) is 5.69 Å². The smallest absolute Gasteiger partial charge is 0.270 e. The van der Waals surface area contributed by atoms with Gasteiger partial charge in [0.2, 0.25) is 5.91 Å². The van der Waals surface area contributed by atoms with E-state index >= 15 is 0 Å². The topological polar surface area (TPSA) is 118 Å². The van der Waals surface area contributed by atoms with Gasteiger partial charge in [-0.2, -0.15) is 0 Å². The fourth-order valence-corrected chi connectivity index (χ4v) is 1.71. The molecule has 0 aliphatic carbocycles. The Morgan fingerprint density at radius 1 is 1.53 bits per heavy atom. The highest BCUT2D eigenvalue weighted by atomic mass is 16.6. The van der Waals surface area contributed by atoms with Gasteiger partial charge in [-0.25, -0.2) is 0 Å². The number of primary amides is 1. The third-order valence-electron chi connectivity index (χ3n) is 2.76. The molecule has 104 valence electrons. The van der Waals surface area contributed by atoms with Gasteiger partial charge in [0.1, 0.15) is 5.75 Å². The number of phenols is 1. The van der Waals surface area contributed by atoms with Gasteiger partial charge in [-0.3, -0.25) is 14.9 Å². The van der Waals surface area contributed by atoms with Crippen molar-refractivity contribution < 1.29 is 14.8 Å². The summed E-state index contributed by atoms with van der Waals surface area (Å²) in [5, 5.41) is 23.2. The van der Waals surface area contributed by atoms with Crippen LogP contribution in [0.15, 0.2) is 18.2 Å². The fraction of sp³-hybridized carbons (Fsp3) is 0.417. The molecule has 1 unspecified atom stereocenters. The molecule has 1 aromatic rings. The number of phenolic OH excluding ortho intramolecular Hbond substituents is 1. The van der Waals surface area contributed by atoms with Crippen LogP contribution in [0.2, 0.25) is 0 Å². The largest absolute Gasteiger partial charge is 0.508 e. The molecule has 0 saturated carbocycles. The number of rotatable bonds is 6. The van der Waals surface area contributed by atoms with E-state index in [-0.39, 0.29) is 23.9 Å². The van der Waals surface area contributed by atoms with Gasteiger partial charge >= 0.3 is 0 Å². The number of amides is 1. The molecule has 1 atom stereocenters. The molecule has 0 aliphatic heterocycles. The molecule has 0 heterocycles. The summed E-state index contributed by atoms with van der Waals surface area (Å²) in [7, 11) is 0. The van der Waals surface area contributed by atoms with Crippen molar-refractivity contribution in [2.75, 3.05) is 0 Å². The highest BCUT2D eigenvalue weighted by molar-refractivity contribution is 5.80. The van der Waals surface area contributed by atoms with Crippen molar-refractivity contribution in [1.29, 1.82) is 0 Å². The first-order valence-corrected chi connectivity index (χ1v) is 5.82. The van der Waals surface area contributed by atoms with E-state index in [1.54, 1.807) is 0 Å². The molecule has 7 nitrogen and oxygen atoms in total. The van der Waals surface area contributed by atoms with Crippen molar-refractivity contribution in [3.05, 3.63) is 33.9 Å². The molecule has 1 aromatic carbocycles. The monoisotopic (exact) mass is 267 g/mol. The number of nitrogens with two attached hydrogens (primary N) is 1. The number of nitrogens with zero attached hydrogens (tertiary/aromatic N) is 1. The van der Waals surface area contributed by atoms with Crippen LogP contribution < -0.4 is 11.1 Å². The Hall–Kier alpha value is -2.15. The van der Waals surface area contributed by atoms with Crippen molar-refractivity contribution in [3.8, 4) is 5.75 Å². The van der Waals surface area contributed by atoms with Crippen molar-refractivity contribution in [3.63, 3.8) is 0 Å². The highest BCUT2D eigenvalue weighted by Gasteiger charge is 2.19. The summed E-state index contributed by atoms with van der Waals surface area (Å²) in [5.41, 5.74) is 5.48. The standard InChI is InChI=1S/C12H17N3O4/c1-7(2)11(12(13)17)14-6-8-5-9(15(18)19)3-4-10(8)16/h3-5,7,11,14,16H,6H2,1-2H3,(H2,13,17). The summed E-state index contributed by atoms with van der Waals surface area (Å²) in [5.74, 6) is -0.580. The Balaban J connectivity index is 2.84. The van der Waals surface area contributed by atoms with Crippen molar-refractivity contribution in [1.82, 2.24) is 5.32 Å². The maximum absolute atomic E-state index is 11.2. The van der Waals surface area contributed by atoms with Crippen LogP contribution in [-0.4, -0.2) is 22.0 Å². The first kappa shape index (κ1) is 14.9. The van der Waals surface area contributed by atoms with E-state index in [0.717, 1.165) is 0 Å². The molecular formula is C12H17N3O4. The van der Waals surface area contributed by atoms with Gasteiger partial charge < -0.3 is 16.2 Å². The zero-order chi connectivity index (χ0) is 14.6. The fourth-order valence-electron chi connectivity index (χ4n) is 1.71. The van der Waals surface area contributed by atoms with E-state index < -0.39 is 16.9 Å². The van der Waals surface area contributed by atoms with E-state index in [9.17, 15) is 20.0 Å². The number of nitro benzene ring substituents is 1. The lowest BCUT2D eigenvalue weighted by Gasteiger charge is -2.19. The van der Waals surface area contributed by atoms with Gasteiger partial charge in [0.15, 0.2) is 0 Å². The summed E-state index contributed by atoms with van der Waals surface area (Å²) >= 11 is 0. The predicted molar refractivity (Wildman–Crippen MR) is 69.4 cm³/mol. The molecule has 19 heavy (non-hydrogen) atoms. The number of nitro groups is 1. The average Bonchev–Trinajstić information content (AvgIpc) is 2.30. The van der Waals surface area contributed by atoms with Crippen LogP contribution in [-0.2, 0) is 11.3 Å². The molecule has 4 N–H and O–H groups in total.